The summed E-state index contributed by atoms with van der Waals surface area (Å²) >= 11 is 0. The normalized spacial score (nSPS) is 20.7. The average molecular weight is 299 g/mol. The van der Waals surface area contributed by atoms with Crippen molar-refractivity contribution in [2.24, 2.45) is 11.8 Å². The first-order valence-corrected chi connectivity index (χ1v) is 8.40. The lowest BCUT2D eigenvalue weighted by Crippen LogP contribution is -2.39. The fourth-order valence-corrected chi connectivity index (χ4v) is 3.94. The standard InChI is InChI=1S/C12H26N2O2S.ClH/c1-3-11(4-2)10-17(15,16)14-9-12-6-5-7-13-8-12;/h11-14H,3-10H2,1-2H3;1H. The van der Waals surface area contributed by atoms with Gasteiger partial charge in [-0.15, -0.1) is 12.4 Å². The summed E-state index contributed by atoms with van der Waals surface area (Å²) in [6.07, 6.45) is 4.14. The fourth-order valence-electron chi connectivity index (χ4n) is 2.24. The van der Waals surface area contributed by atoms with Gasteiger partial charge in [0, 0.05) is 6.54 Å². The van der Waals surface area contributed by atoms with E-state index in [4.69, 9.17) is 0 Å². The molecule has 1 saturated heterocycles. The topological polar surface area (TPSA) is 58.2 Å². The third-order valence-corrected chi connectivity index (χ3v) is 5.12. The Morgan fingerprint density at radius 1 is 1.33 bits per heavy atom. The van der Waals surface area contributed by atoms with E-state index in [-0.39, 0.29) is 24.1 Å². The predicted molar refractivity (Wildman–Crippen MR) is 78.7 cm³/mol. The van der Waals surface area contributed by atoms with Crippen LogP contribution in [0, 0.1) is 11.8 Å². The average Bonchev–Trinajstić information content (AvgIpc) is 2.35. The van der Waals surface area contributed by atoms with Crippen molar-refractivity contribution in [3.05, 3.63) is 0 Å². The zero-order chi connectivity index (χ0) is 12.7. The summed E-state index contributed by atoms with van der Waals surface area (Å²) < 4.78 is 26.5. The summed E-state index contributed by atoms with van der Waals surface area (Å²) in [4.78, 5) is 0. The van der Waals surface area contributed by atoms with E-state index in [2.05, 4.69) is 23.9 Å². The summed E-state index contributed by atoms with van der Waals surface area (Å²) in [5.41, 5.74) is 0. The van der Waals surface area contributed by atoms with Gasteiger partial charge in [-0.25, -0.2) is 13.1 Å². The lowest BCUT2D eigenvalue weighted by molar-refractivity contribution is 0.375. The van der Waals surface area contributed by atoms with E-state index in [1.54, 1.807) is 0 Å². The van der Waals surface area contributed by atoms with E-state index < -0.39 is 10.0 Å². The van der Waals surface area contributed by atoms with E-state index in [0.29, 0.717) is 12.5 Å². The van der Waals surface area contributed by atoms with Crippen LogP contribution in [0.3, 0.4) is 0 Å². The zero-order valence-corrected chi connectivity index (χ0v) is 13.1. The number of rotatable bonds is 7. The summed E-state index contributed by atoms with van der Waals surface area (Å²) in [5, 5.41) is 3.30. The van der Waals surface area contributed by atoms with E-state index in [9.17, 15) is 8.42 Å². The van der Waals surface area contributed by atoms with Crippen LogP contribution in [0.2, 0.25) is 0 Å². The Labute approximate surface area is 118 Å². The van der Waals surface area contributed by atoms with Crippen LogP contribution in [0.5, 0.6) is 0 Å². The van der Waals surface area contributed by atoms with Crippen LogP contribution in [-0.2, 0) is 10.0 Å². The van der Waals surface area contributed by atoms with Crippen LogP contribution in [0.25, 0.3) is 0 Å². The Kier molecular flexibility index (Phi) is 9.21. The van der Waals surface area contributed by atoms with Gasteiger partial charge in [-0.2, -0.15) is 0 Å². The molecule has 110 valence electrons. The Bertz CT molecular complexity index is 299. The molecular weight excluding hydrogens is 272 g/mol. The molecule has 1 aliphatic rings. The van der Waals surface area contributed by atoms with Crippen molar-refractivity contribution in [1.82, 2.24) is 10.0 Å². The molecule has 0 aromatic rings. The fraction of sp³-hybridized carbons (Fsp3) is 1.00. The molecule has 0 spiro atoms. The number of hydrogen-bond acceptors (Lipinski definition) is 3. The lowest BCUT2D eigenvalue weighted by atomic mass is 10.0. The summed E-state index contributed by atoms with van der Waals surface area (Å²) in [6.45, 7) is 6.70. The Balaban J connectivity index is 0.00000289. The van der Waals surface area contributed by atoms with Crippen molar-refractivity contribution < 1.29 is 8.42 Å². The van der Waals surface area contributed by atoms with Crippen LogP contribution in [0.4, 0.5) is 0 Å². The van der Waals surface area contributed by atoms with Crippen molar-refractivity contribution in [3.63, 3.8) is 0 Å². The van der Waals surface area contributed by atoms with Crippen LogP contribution in [-0.4, -0.2) is 33.8 Å². The summed E-state index contributed by atoms with van der Waals surface area (Å²) in [5.74, 6) is 1.03. The van der Waals surface area contributed by atoms with Gasteiger partial charge in [-0.1, -0.05) is 26.7 Å². The monoisotopic (exact) mass is 298 g/mol. The molecule has 1 fully saturated rings. The second kappa shape index (κ2) is 9.13. The highest BCUT2D eigenvalue weighted by Crippen LogP contribution is 2.12. The van der Waals surface area contributed by atoms with Gasteiger partial charge in [0.15, 0.2) is 0 Å². The molecular formula is C12H27ClN2O2S. The molecule has 4 nitrogen and oxygen atoms in total. The smallest absolute Gasteiger partial charge is 0.211 e. The van der Waals surface area contributed by atoms with E-state index in [1.807, 2.05) is 0 Å². The quantitative estimate of drug-likeness (QED) is 0.753. The third kappa shape index (κ3) is 6.92. The van der Waals surface area contributed by atoms with Crippen LogP contribution < -0.4 is 10.0 Å². The second-order valence-electron chi connectivity index (χ2n) is 5.02. The number of nitrogens with one attached hydrogen (secondary N) is 2. The van der Waals surface area contributed by atoms with Gasteiger partial charge in [0.2, 0.25) is 10.0 Å². The highest BCUT2D eigenvalue weighted by molar-refractivity contribution is 7.89. The van der Waals surface area contributed by atoms with Crippen LogP contribution in [0.1, 0.15) is 39.5 Å². The Hall–Kier alpha value is 0.160. The van der Waals surface area contributed by atoms with Crippen LogP contribution >= 0.6 is 12.4 Å². The first-order valence-electron chi connectivity index (χ1n) is 6.75. The molecule has 2 N–H and O–H groups in total. The predicted octanol–water partition coefficient (Wildman–Crippen LogP) is 1.76. The Morgan fingerprint density at radius 3 is 2.50 bits per heavy atom. The first-order chi connectivity index (χ1) is 8.07. The summed E-state index contributed by atoms with van der Waals surface area (Å²) in [7, 11) is -3.08. The maximum absolute atomic E-state index is 11.9. The van der Waals surface area contributed by atoms with Gasteiger partial charge in [0.05, 0.1) is 5.75 Å². The first kappa shape index (κ1) is 18.2. The van der Waals surface area contributed by atoms with E-state index in [1.165, 1.54) is 0 Å². The third-order valence-electron chi connectivity index (χ3n) is 3.60. The largest absolute Gasteiger partial charge is 0.316 e. The van der Waals surface area contributed by atoms with E-state index in [0.717, 1.165) is 38.8 Å². The molecule has 0 amide bonds. The number of sulfonamides is 1. The molecule has 1 aliphatic heterocycles. The summed E-state index contributed by atoms with van der Waals surface area (Å²) in [6, 6.07) is 0. The minimum atomic E-state index is -3.08. The molecule has 0 radical (unpaired) electrons. The molecule has 1 rings (SSSR count). The molecule has 1 unspecified atom stereocenters. The van der Waals surface area contributed by atoms with Gasteiger partial charge < -0.3 is 5.32 Å². The minimum Gasteiger partial charge on any atom is -0.316 e. The Morgan fingerprint density at radius 2 is 2.00 bits per heavy atom. The van der Waals surface area contributed by atoms with Gasteiger partial charge in [-0.3, -0.25) is 0 Å². The molecule has 6 heteroatoms. The van der Waals surface area contributed by atoms with Crippen molar-refractivity contribution >= 4 is 22.4 Å². The van der Waals surface area contributed by atoms with Gasteiger partial charge >= 0.3 is 0 Å². The minimum absolute atomic E-state index is 0. The zero-order valence-electron chi connectivity index (χ0n) is 11.4. The second-order valence-corrected chi connectivity index (χ2v) is 6.88. The maximum Gasteiger partial charge on any atom is 0.211 e. The highest BCUT2D eigenvalue weighted by Gasteiger charge is 2.19. The molecule has 18 heavy (non-hydrogen) atoms. The van der Waals surface area contributed by atoms with Crippen molar-refractivity contribution in [2.45, 2.75) is 39.5 Å². The van der Waals surface area contributed by atoms with Gasteiger partial charge in [-0.05, 0) is 37.8 Å². The number of halogens is 1. The van der Waals surface area contributed by atoms with Gasteiger partial charge in [0.1, 0.15) is 0 Å². The number of piperidine rings is 1. The molecule has 0 aliphatic carbocycles. The molecule has 1 heterocycles. The van der Waals surface area contributed by atoms with E-state index >= 15 is 0 Å². The molecule has 0 aromatic heterocycles. The van der Waals surface area contributed by atoms with Crippen molar-refractivity contribution in [2.75, 3.05) is 25.4 Å². The molecule has 1 atom stereocenters. The van der Waals surface area contributed by atoms with Gasteiger partial charge in [0.25, 0.3) is 0 Å². The SMILES string of the molecule is CCC(CC)CS(=O)(=O)NCC1CCCNC1.Cl. The number of hydrogen-bond donors (Lipinski definition) is 2. The van der Waals surface area contributed by atoms with Crippen molar-refractivity contribution in [3.8, 4) is 0 Å². The van der Waals surface area contributed by atoms with Crippen molar-refractivity contribution in [1.29, 1.82) is 0 Å². The molecule has 0 saturated carbocycles. The highest BCUT2D eigenvalue weighted by atomic mass is 35.5. The molecule has 0 bridgehead atoms. The maximum atomic E-state index is 11.9. The van der Waals surface area contributed by atoms with Crippen LogP contribution in [0.15, 0.2) is 0 Å². The lowest BCUT2D eigenvalue weighted by Gasteiger charge is -2.23. The molecule has 0 aromatic carbocycles.